The molecule has 0 spiro atoms. The van der Waals surface area contributed by atoms with Crippen LogP contribution < -0.4 is 5.32 Å². The summed E-state index contributed by atoms with van der Waals surface area (Å²) in [5, 5.41) is 3.31. The molecule has 2 aliphatic rings. The van der Waals surface area contributed by atoms with Crippen LogP contribution in [0.3, 0.4) is 0 Å². The molecule has 2 heterocycles. The summed E-state index contributed by atoms with van der Waals surface area (Å²) in [5.41, 5.74) is 0. The monoisotopic (exact) mass is 220 g/mol. The number of nitrogens with one attached hydrogen (secondary N) is 1. The fraction of sp³-hybridized carbons (Fsp3) is 0.889. The highest BCUT2D eigenvalue weighted by Crippen LogP contribution is 2.15. The zero-order valence-corrected chi connectivity index (χ0v) is 9.02. The van der Waals surface area contributed by atoms with Crippen molar-refractivity contribution in [2.24, 2.45) is 0 Å². The molecule has 0 aromatic heterocycles. The number of nitrogens with zero attached hydrogens (tertiary/aromatic N) is 1. The molecule has 0 bridgehead atoms. The number of carbonyl (C=O) groups excluding carboxylic acids is 1. The highest BCUT2D eigenvalue weighted by atomic mass is 35.5. The fourth-order valence-electron chi connectivity index (χ4n) is 2.02. The Kier molecular flexibility index (Phi) is 4.65. The van der Waals surface area contributed by atoms with Gasteiger partial charge in [0, 0.05) is 32.2 Å². The van der Waals surface area contributed by atoms with Crippen molar-refractivity contribution < 1.29 is 9.53 Å². The van der Waals surface area contributed by atoms with Crippen molar-refractivity contribution in [1.82, 2.24) is 10.2 Å². The molecule has 1 unspecified atom stereocenters. The van der Waals surface area contributed by atoms with E-state index < -0.39 is 0 Å². The van der Waals surface area contributed by atoms with E-state index >= 15 is 0 Å². The highest BCUT2D eigenvalue weighted by Gasteiger charge is 2.26. The van der Waals surface area contributed by atoms with Gasteiger partial charge in [0.15, 0.2) is 0 Å². The van der Waals surface area contributed by atoms with Crippen LogP contribution in [0.2, 0.25) is 0 Å². The summed E-state index contributed by atoms with van der Waals surface area (Å²) >= 11 is 0. The van der Waals surface area contributed by atoms with Gasteiger partial charge in [-0.25, -0.2) is 0 Å². The third-order valence-corrected chi connectivity index (χ3v) is 2.78. The summed E-state index contributed by atoms with van der Waals surface area (Å²) in [6.07, 6.45) is 1.59. The molecular formula is C9H17ClN2O2. The Labute approximate surface area is 90.4 Å². The molecule has 82 valence electrons. The van der Waals surface area contributed by atoms with Gasteiger partial charge in [0.2, 0.25) is 0 Å². The summed E-state index contributed by atoms with van der Waals surface area (Å²) in [4.78, 5) is 13.5. The molecule has 2 saturated heterocycles. The van der Waals surface area contributed by atoms with Crippen molar-refractivity contribution in [1.29, 1.82) is 0 Å². The third kappa shape index (κ3) is 2.83. The second-order valence-electron chi connectivity index (χ2n) is 3.65. The number of halogens is 1. The number of cyclic esters (lactones) is 1. The van der Waals surface area contributed by atoms with Crippen molar-refractivity contribution >= 4 is 18.4 Å². The van der Waals surface area contributed by atoms with Gasteiger partial charge in [0.25, 0.3) is 0 Å². The topological polar surface area (TPSA) is 41.6 Å². The predicted molar refractivity (Wildman–Crippen MR) is 55.7 cm³/mol. The second-order valence-corrected chi connectivity index (χ2v) is 3.65. The van der Waals surface area contributed by atoms with Crippen LogP contribution >= 0.6 is 12.4 Å². The quantitative estimate of drug-likeness (QED) is 0.633. The molecule has 2 fully saturated rings. The van der Waals surface area contributed by atoms with Gasteiger partial charge in [-0.2, -0.15) is 0 Å². The average molecular weight is 221 g/mol. The summed E-state index contributed by atoms with van der Waals surface area (Å²) in [6, 6.07) is 0.434. The molecule has 14 heavy (non-hydrogen) atoms. The number of rotatable bonds is 1. The fourth-order valence-corrected chi connectivity index (χ4v) is 2.02. The predicted octanol–water partition coefficient (Wildman–Crippen LogP) is 0.0190. The van der Waals surface area contributed by atoms with E-state index in [1.807, 2.05) is 0 Å². The van der Waals surface area contributed by atoms with Crippen LogP contribution in [0.15, 0.2) is 0 Å². The molecule has 0 aliphatic carbocycles. The molecule has 0 saturated carbocycles. The van der Waals surface area contributed by atoms with Crippen molar-refractivity contribution in [3.8, 4) is 0 Å². The zero-order chi connectivity index (χ0) is 9.10. The Morgan fingerprint density at radius 3 is 2.71 bits per heavy atom. The second kappa shape index (κ2) is 5.53. The Hall–Kier alpha value is -0.320. The Balaban J connectivity index is 0.000000980. The molecule has 0 amide bonds. The van der Waals surface area contributed by atoms with E-state index in [0.717, 1.165) is 32.6 Å². The van der Waals surface area contributed by atoms with Crippen LogP contribution in [0.4, 0.5) is 0 Å². The zero-order valence-electron chi connectivity index (χ0n) is 8.20. The van der Waals surface area contributed by atoms with Crippen molar-refractivity contribution in [2.45, 2.75) is 18.9 Å². The van der Waals surface area contributed by atoms with Crippen LogP contribution in [0, 0.1) is 0 Å². The molecule has 0 aromatic rings. The minimum absolute atomic E-state index is 0. The number of carbonyl (C=O) groups is 1. The Morgan fingerprint density at radius 2 is 2.07 bits per heavy atom. The molecule has 4 nitrogen and oxygen atoms in total. The van der Waals surface area contributed by atoms with Gasteiger partial charge in [-0.15, -0.1) is 12.4 Å². The van der Waals surface area contributed by atoms with E-state index in [9.17, 15) is 4.79 Å². The van der Waals surface area contributed by atoms with Gasteiger partial charge in [-0.05, 0) is 6.42 Å². The smallest absolute Gasteiger partial charge is 0.307 e. The first kappa shape index (κ1) is 11.8. The summed E-state index contributed by atoms with van der Waals surface area (Å²) < 4.78 is 4.92. The largest absolute Gasteiger partial charge is 0.466 e. The van der Waals surface area contributed by atoms with E-state index in [0.29, 0.717) is 19.1 Å². The van der Waals surface area contributed by atoms with Gasteiger partial charge in [-0.3, -0.25) is 9.69 Å². The lowest BCUT2D eigenvalue weighted by Crippen LogP contribution is -2.50. The van der Waals surface area contributed by atoms with E-state index in [1.165, 1.54) is 0 Å². The van der Waals surface area contributed by atoms with Crippen molar-refractivity contribution in [2.75, 3.05) is 32.8 Å². The van der Waals surface area contributed by atoms with E-state index in [4.69, 9.17) is 4.74 Å². The highest BCUT2D eigenvalue weighted by molar-refractivity contribution is 5.85. The van der Waals surface area contributed by atoms with Gasteiger partial charge < -0.3 is 10.1 Å². The van der Waals surface area contributed by atoms with Crippen LogP contribution in [0.5, 0.6) is 0 Å². The number of piperazine rings is 1. The maximum Gasteiger partial charge on any atom is 0.307 e. The van der Waals surface area contributed by atoms with Gasteiger partial charge in [0.1, 0.15) is 0 Å². The Morgan fingerprint density at radius 1 is 1.36 bits per heavy atom. The lowest BCUT2D eigenvalue weighted by Gasteiger charge is -2.36. The minimum Gasteiger partial charge on any atom is -0.466 e. The summed E-state index contributed by atoms with van der Waals surface area (Å²) in [7, 11) is 0. The molecule has 0 aromatic carbocycles. The number of hydrogen-bond donors (Lipinski definition) is 1. The number of hydrogen-bond acceptors (Lipinski definition) is 4. The lowest BCUT2D eigenvalue weighted by molar-refractivity contribution is -0.150. The Bertz CT molecular complexity index is 195. The van der Waals surface area contributed by atoms with Gasteiger partial charge in [0.05, 0.1) is 13.0 Å². The molecule has 2 rings (SSSR count). The van der Waals surface area contributed by atoms with Crippen LogP contribution in [-0.4, -0.2) is 49.7 Å². The van der Waals surface area contributed by atoms with Crippen LogP contribution in [0.25, 0.3) is 0 Å². The van der Waals surface area contributed by atoms with Crippen molar-refractivity contribution in [3.63, 3.8) is 0 Å². The van der Waals surface area contributed by atoms with Crippen LogP contribution in [-0.2, 0) is 9.53 Å². The average Bonchev–Trinajstić information content (AvgIpc) is 2.19. The van der Waals surface area contributed by atoms with Gasteiger partial charge in [-0.1, -0.05) is 0 Å². The van der Waals surface area contributed by atoms with E-state index in [2.05, 4.69) is 10.2 Å². The van der Waals surface area contributed by atoms with E-state index in [-0.39, 0.29) is 18.4 Å². The molecule has 1 N–H and O–H groups in total. The first-order valence-corrected chi connectivity index (χ1v) is 4.96. The summed E-state index contributed by atoms with van der Waals surface area (Å²) in [6.45, 7) is 4.83. The van der Waals surface area contributed by atoms with Crippen molar-refractivity contribution in [3.05, 3.63) is 0 Å². The number of ether oxygens (including phenoxy) is 1. The number of esters is 1. The van der Waals surface area contributed by atoms with E-state index in [1.54, 1.807) is 0 Å². The standard InChI is InChI=1S/C9H16N2O2.ClH/c12-9-7-8(1-6-13-9)11-4-2-10-3-5-11;/h8,10H,1-7H2;1H. The van der Waals surface area contributed by atoms with Crippen LogP contribution in [0.1, 0.15) is 12.8 Å². The maximum atomic E-state index is 11.1. The maximum absolute atomic E-state index is 11.1. The molecule has 2 aliphatic heterocycles. The summed E-state index contributed by atoms with van der Waals surface area (Å²) in [5.74, 6) is -0.0326. The molecule has 5 heteroatoms. The molecular weight excluding hydrogens is 204 g/mol. The lowest BCUT2D eigenvalue weighted by atomic mass is 10.1. The minimum atomic E-state index is -0.0326. The first-order chi connectivity index (χ1) is 6.36. The molecule has 1 atom stereocenters. The van der Waals surface area contributed by atoms with Gasteiger partial charge >= 0.3 is 5.97 Å². The SMILES string of the molecule is Cl.O=C1CC(N2CCNCC2)CCO1. The third-order valence-electron chi connectivity index (χ3n) is 2.78. The normalized spacial score (nSPS) is 29.1. The first-order valence-electron chi connectivity index (χ1n) is 4.96. The molecule has 0 radical (unpaired) electrons.